The van der Waals surface area contributed by atoms with Gasteiger partial charge in [0, 0.05) is 18.7 Å². The number of amides is 2. The molecule has 1 heterocycles. The van der Waals surface area contributed by atoms with Crippen molar-refractivity contribution in [3.63, 3.8) is 0 Å². The average Bonchev–Trinajstić information content (AvgIpc) is 2.78. The quantitative estimate of drug-likeness (QED) is 0.535. The van der Waals surface area contributed by atoms with Crippen LogP contribution in [0, 0.1) is 0 Å². The summed E-state index contributed by atoms with van der Waals surface area (Å²) in [5.74, 6) is -0.603. The zero-order valence-corrected chi connectivity index (χ0v) is 16.6. The predicted molar refractivity (Wildman–Crippen MR) is 111 cm³/mol. The van der Waals surface area contributed by atoms with Crippen molar-refractivity contribution < 1.29 is 23.9 Å². The summed E-state index contributed by atoms with van der Waals surface area (Å²) in [5.41, 5.74) is 1.27. The van der Waals surface area contributed by atoms with Crippen molar-refractivity contribution in [2.75, 3.05) is 19.7 Å². The van der Waals surface area contributed by atoms with Gasteiger partial charge in [-0.1, -0.05) is 43.0 Å². The fraction of sp³-hybridized carbons (Fsp3) is 0.261. The first kappa shape index (κ1) is 21.1. The van der Waals surface area contributed by atoms with Crippen LogP contribution in [0.25, 0.3) is 0 Å². The van der Waals surface area contributed by atoms with Crippen molar-refractivity contribution in [3.8, 4) is 5.75 Å². The maximum Gasteiger partial charge on any atom is 0.308 e. The summed E-state index contributed by atoms with van der Waals surface area (Å²) in [6, 6.07) is 15.0. The Morgan fingerprint density at radius 3 is 2.57 bits per heavy atom. The summed E-state index contributed by atoms with van der Waals surface area (Å²) in [6.07, 6.45) is 1.43. The minimum atomic E-state index is -0.911. The number of rotatable bonds is 8. The number of benzene rings is 2. The minimum Gasteiger partial charge on any atom is -0.490 e. The first-order chi connectivity index (χ1) is 14.6. The normalized spacial score (nSPS) is 15.8. The molecular formula is C23H24N2O5. The third kappa shape index (κ3) is 5.47. The number of carbonyl (C=O) groups excluding carboxylic acids is 3. The van der Waals surface area contributed by atoms with Gasteiger partial charge in [0.25, 0.3) is 5.91 Å². The minimum absolute atomic E-state index is 0.119. The second-order valence-electron chi connectivity index (χ2n) is 6.78. The number of nitrogens with zero attached hydrogens (tertiary/aromatic N) is 1. The van der Waals surface area contributed by atoms with Crippen LogP contribution < -0.4 is 10.1 Å². The van der Waals surface area contributed by atoms with Crippen LogP contribution in [-0.2, 0) is 20.9 Å². The summed E-state index contributed by atoms with van der Waals surface area (Å²) in [7, 11) is 0. The molecule has 1 fully saturated rings. The lowest BCUT2D eigenvalue weighted by molar-refractivity contribution is -0.148. The highest BCUT2D eigenvalue weighted by molar-refractivity contribution is 5.99. The van der Waals surface area contributed by atoms with E-state index in [0.717, 1.165) is 5.56 Å². The molecule has 1 saturated heterocycles. The number of piperazine rings is 1. The van der Waals surface area contributed by atoms with Crippen molar-refractivity contribution in [2.24, 2.45) is 0 Å². The van der Waals surface area contributed by atoms with Crippen LogP contribution in [0.4, 0.5) is 0 Å². The molecule has 7 heteroatoms. The second kappa shape index (κ2) is 10.2. The molecule has 1 unspecified atom stereocenters. The molecule has 1 atom stereocenters. The van der Waals surface area contributed by atoms with Gasteiger partial charge < -0.3 is 19.7 Å². The Balaban J connectivity index is 1.64. The molecule has 0 aliphatic carbocycles. The van der Waals surface area contributed by atoms with Gasteiger partial charge in [-0.15, -0.1) is 0 Å². The number of hydrogen-bond acceptors (Lipinski definition) is 5. The van der Waals surface area contributed by atoms with Gasteiger partial charge in [0.15, 0.2) is 0 Å². The summed E-state index contributed by atoms with van der Waals surface area (Å²) in [5, 5.41) is 2.71. The molecule has 0 radical (unpaired) electrons. The standard InChI is InChI=1S/C23H24N2O5/c1-2-14-29-19-10-8-18(9-11-19)23(28)25-13-12-24-22(27)20(25)15-21(26)30-16-17-6-4-3-5-7-17/h2-11,20H,1,12-16H2,(H,24,27). The molecule has 1 N–H and O–H groups in total. The molecule has 2 aromatic carbocycles. The Kier molecular flexibility index (Phi) is 7.21. The largest absolute Gasteiger partial charge is 0.490 e. The molecule has 7 nitrogen and oxygen atoms in total. The molecule has 0 saturated carbocycles. The summed E-state index contributed by atoms with van der Waals surface area (Å²) >= 11 is 0. The topological polar surface area (TPSA) is 84.9 Å². The van der Waals surface area contributed by atoms with Gasteiger partial charge in [-0.2, -0.15) is 0 Å². The molecule has 2 amide bonds. The van der Waals surface area contributed by atoms with Gasteiger partial charge in [-0.3, -0.25) is 14.4 Å². The molecular weight excluding hydrogens is 384 g/mol. The summed E-state index contributed by atoms with van der Waals surface area (Å²) in [6.45, 7) is 4.73. The van der Waals surface area contributed by atoms with E-state index < -0.39 is 12.0 Å². The van der Waals surface area contributed by atoms with E-state index in [4.69, 9.17) is 9.47 Å². The van der Waals surface area contributed by atoms with E-state index in [1.54, 1.807) is 30.3 Å². The smallest absolute Gasteiger partial charge is 0.308 e. The Hall–Kier alpha value is -3.61. The molecule has 1 aliphatic rings. The van der Waals surface area contributed by atoms with E-state index in [2.05, 4.69) is 11.9 Å². The maximum atomic E-state index is 13.0. The van der Waals surface area contributed by atoms with E-state index in [9.17, 15) is 14.4 Å². The Morgan fingerprint density at radius 2 is 1.87 bits per heavy atom. The van der Waals surface area contributed by atoms with Crippen LogP contribution >= 0.6 is 0 Å². The molecule has 0 spiro atoms. The molecule has 156 valence electrons. The van der Waals surface area contributed by atoms with Gasteiger partial charge in [0.1, 0.15) is 25.0 Å². The van der Waals surface area contributed by atoms with E-state index in [1.165, 1.54) is 4.90 Å². The third-order valence-electron chi connectivity index (χ3n) is 4.66. The van der Waals surface area contributed by atoms with E-state index in [-0.39, 0.29) is 24.8 Å². The number of carbonyl (C=O) groups is 3. The van der Waals surface area contributed by atoms with Crippen molar-refractivity contribution in [1.82, 2.24) is 10.2 Å². The number of ether oxygens (including phenoxy) is 2. The molecule has 0 bridgehead atoms. The zero-order valence-electron chi connectivity index (χ0n) is 16.6. The van der Waals surface area contributed by atoms with Crippen LogP contribution in [0.1, 0.15) is 22.3 Å². The number of esters is 1. The first-order valence-corrected chi connectivity index (χ1v) is 9.70. The molecule has 3 rings (SSSR count). The zero-order chi connectivity index (χ0) is 21.3. The lowest BCUT2D eigenvalue weighted by Crippen LogP contribution is -2.57. The van der Waals surface area contributed by atoms with E-state index in [0.29, 0.717) is 31.0 Å². The monoisotopic (exact) mass is 408 g/mol. The molecule has 2 aromatic rings. The Bertz CT molecular complexity index is 896. The number of hydrogen-bond donors (Lipinski definition) is 1. The molecule has 30 heavy (non-hydrogen) atoms. The maximum absolute atomic E-state index is 13.0. The van der Waals surface area contributed by atoms with Gasteiger partial charge in [-0.05, 0) is 29.8 Å². The van der Waals surface area contributed by atoms with Crippen LogP contribution in [-0.4, -0.2) is 48.4 Å². The van der Waals surface area contributed by atoms with Crippen LogP contribution in [0.5, 0.6) is 5.75 Å². The number of nitrogens with one attached hydrogen (secondary N) is 1. The van der Waals surface area contributed by atoms with Crippen molar-refractivity contribution in [1.29, 1.82) is 0 Å². The summed E-state index contributed by atoms with van der Waals surface area (Å²) in [4.78, 5) is 39.1. The SMILES string of the molecule is C=CCOc1ccc(C(=O)N2CCNC(=O)C2CC(=O)OCc2ccccc2)cc1. The van der Waals surface area contributed by atoms with Crippen LogP contribution in [0.15, 0.2) is 67.3 Å². The lowest BCUT2D eigenvalue weighted by Gasteiger charge is -2.34. The van der Waals surface area contributed by atoms with Crippen molar-refractivity contribution >= 4 is 17.8 Å². The van der Waals surface area contributed by atoms with Gasteiger partial charge in [0.2, 0.25) is 5.91 Å². The van der Waals surface area contributed by atoms with Crippen molar-refractivity contribution in [3.05, 3.63) is 78.4 Å². The predicted octanol–water partition coefficient (Wildman–Crippen LogP) is 2.33. The van der Waals surface area contributed by atoms with Gasteiger partial charge in [0.05, 0.1) is 6.42 Å². The highest BCUT2D eigenvalue weighted by Crippen LogP contribution is 2.18. The highest BCUT2D eigenvalue weighted by atomic mass is 16.5. The van der Waals surface area contributed by atoms with E-state index >= 15 is 0 Å². The van der Waals surface area contributed by atoms with Gasteiger partial charge >= 0.3 is 5.97 Å². The fourth-order valence-corrected chi connectivity index (χ4v) is 3.13. The van der Waals surface area contributed by atoms with Crippen LogP contribution in [0.3, 0.4) is 0 Å². The van der Waals surface area contributed by atoms with Crippen LogP contribution in [0.2, 0.25) is 0 Å². The summed E-state index contributed by atoms with van der Waals surface area (Å²) < 4.78 is 10.7. The second-order valence-corrected chi connectivity index (χ2v) is 6.78. The average molecular weight is 408 g/mol. The third-order valence-corrected chi connectivity index (χ3v) is 4.66. The Labute approximate surface area is 175 Å². The van der Waals surface area contributed by atoms with Crippen molar-refractivity contribution in [2.45, 2.75) is 19.1 Å². The first-order valence-electron chi connectivity index (χ1n) is 9.70. The Morgan fingerprint density at radius 1 is 1.13 bits per heavy atom. The highest BCUT2D eigenvalue weighted by Gasteiger charge is 2.35. The van der Waals surface area contributed by atoms with E-state index in [1.807, 2.05) is 30.3 Å². The van der Waals surface area contributed by atoms with Gasteiger partial charge in [-0.25, -0.2) is 0 Å². The fourth-order valence-electron chi connectivity index (χ4n) is 3.13. The lowest BCUT2D eigenvalue weighted by atomic mass is 10.1. The molecule has 1 aliphatic heterocycles. The molecule has 0 aromatic heterocycles.